The predicted molar refractivity (Wildman–Crippen MR) is 123 cm³/mol. The lowest BCUT2D eigenvalue weighted by Gasteiger charge is -2.44. The van der Waals surface area contributed by atoms with Gasteiger partial charge in [0.05, 0.1) is 0 Å². The zero-order chi connectivity index (χ0) is 20.1. The second-order valence-electron chi connectivity index (χ2n) is 7.62. The average Bonchev–Trinajstić information content (AvgIpc) is 2.68. The Hall–Kier alpha value is 0.531. The molecule has 0 atom stereocenters. The van der Waals surface area contributed by atoms with Crippen molar-refractivity contribution in [2.75, 3.05) is 6.61 Å². The lowest BCUT2D eigenvalue weighted by molar-refractivity contribution is 0.163. The molecule has 6 heteroatoms. The van der Waals surface area contributed by atoms with Crippen LogP contribution in [0.2, 0.25) is 42.3 Å². The van der Waals surface area contributed by atoms with Gasteiger partial charge in [0.2, 0.25) is 0 Å². The van der Waals surface area contributed by atoms with E-state index in [4.69, 9.17) is 12.7 Å². The summed E-state index contributed by atoms with van der Waals surface area (Å²) < 4.78 is 20.7. The average molecular weight is 421 g/mol. The van der Waals surface area contributed by atoms with Crippen LogP contribution in [-0.2, 0) is 12.7 Å². The minimum absolute atomic E-state index is 0.712. The van der Waals surface area contributed by atoms with Gasteiger partial charge < -0.3 is 12.7 Å². The maximum absolute atomic E-state index is 7.12. The molecule has 158 valence electrons. The zero-order valence-electron chi connectivity index (χ0n) is 19.2. The fourth-order valence-corrected chi connectivity index (χ4v) is 18.7. The Kier molecular flexibility index (Phi) is 13.9. The standard InChI is InChI=1S/C20H48O3Si3/c1-9-17-18-19-20-26(21-10-2,22-24(11-3,12-4)13-5)23-25(14-6,15-7)16-8/h9-20H2,1-8H3. The van der Waals surface area contributed by atoms with Crippen LogP contribution in [0, 0.1) is 0 Å². The molecule has 0 saturated heterocycles. The molecule has 0 aliphatic rings. The fraction of sp³-hybridized carbons (Fsp3) is 1.00. The van der Waals surface area contributed by atoms with Crippen LogP contribution in [0.3, 0.4) is 0 Å². The van der Waals surface area contributed by atoms with Crippen LogP contribution < -0.4 is 0 Å². The van der Waals surface area contributed by atoms with E-state index in [1.165, 1.54) is 61.9 Å². The fourth-order valence-electron chi connectivity index (χ4n) is 3.83. The van der Waals surface area contributed by atoms with Gasteiger partial charge in [-0.15, -0.1) is 0 Å². The summed E-state index contributed by atoms with van der Waals surface area (Å²) in [6.07, 6.45) is 5.01. The third kappa shape index (κ3) is 7.87. The second-order valence-corrected chi connectivity index (χ2v) is 20.4. The van der Waals surface area contributed by atoms with Crippen LogP contribution in [0.5, 0.6) is 0 Å². The van der Waals surface area contributed by atoms with Gasteiger partial charge >= 0.3 is 8.80 Å². The van der Waals surface area contributed by atoms with Gasteiger partial charge in [-0.1, -0.05) is 67.7 Å². The quantitative estimate of drug-likeness (QED) is 0.179. The first-order chi connectivity index (χ1) is 12.4. The molecule has 0 aliphatic heterocycles. The molecule has 0 bridgehead atoms. The molecule has 3 nitrogen and oxygen atoms in total. The molecule has 0 aromatic heterocycles. The van der Waals surface area contributed by atoms with E-state index in [-0.39, 0.29) is 0 Å². The van der Waals surface area contributed by atoms with Gasteiger partial charge in [0.25, 0.3) is 0 Å². The molecule has 0 fully saturated rings. The Morgan fingerprint density at radius 3 is 1.27 bits per heavy atom. The summed E-state index contributed by atoms with van der Waals surface area (Å²) in [6.45, 7) is 19.0. The Balaban J connectivity index is 5.73. The Labute approximate surface area is 168 Å². The molecular formula is C20H48O3Si3. The molecule has 0 unspecified atom stereocenters. The summed E-state index contributed by atoms with van der Waals surface area (Å²) in [7, 11) is -6.14. The predicted octanol–water partition coefficient (Wildman–Crippen LogP) is 7.59. The molecule has 0 saturated carbocycles. The summed E-state index contributed by atoms with van der Waals surface area (Å²) >= 11 is 0. The molecule has 0 amide bonds. The lowest BCUT2D eigenvalue weighted by atomic mass is 10.2. The Bertz CT molecular complexity index is 307. The van der Waals surface area contributed by atoms with Gasteiger partial charge in [0, 0.05) is 12.7 Å². The van der Waals surface area contributed by atoms with Crippen molar-refractivity contribution < 1.29 is 12.7 Å². The van der Waals surface area contributed by atoms with Crippen LogP contribution >= 0.6 is 0 Å². The first-order valence-electron chi connectivity index (χ1n) is 11.4. The Morgan fingerprint density at radius 1 is 0.538 bits per heavy atom. The van der Waals surface area contributed by atoms with E-state index in [2.05, 4.69) is 55.4 Å². The minimum Gasteiger partial charge on any atom is -0.416 e. The highest BCUT2D eigenvalue weighted by Crippen LogP contribution is 2.35. The van der Waals surface area contributed by atoms with Gasteiger partial charge in [-0.25, -0.2) is 0 Å². The summed E-state index contributed by atoms with van der Waals surface area (Å²) in [5, 5.41) is 0. The van der Waals surface area contributed by atoms with Crippen LogP contribution in [0.4, 0.5) is 0 Å². The molecular weight excluding hydrogens is 372 g/mol. The van der Waals surface area contributed by atoms with Crippen molar-refractivity contribution >= 4 is 25.4 Å². The molecule has 0 N–H and O–H groups in total. The first kappa shape index (κ1) is 26.5. The van der Waals surface area contributed by atoms with Crippen molar-refractivity contribution in [2.24, 2.45) is 0 Å². The smallest absolute Gasteiger partial charge is 0.416 e. The highest BCUT2D eigenvalue weighted by Gasteiger charge is 2.51. The van der Waals surface area contributed by atoms with E-state index in [1.54, 1.807) is 0 Å². The number of hydrogen-bond donors (Lipinski definition) is 0. The van der Waals surface area contributed by atoms with Crippen LogP contribution in [-0.4, -0.2) is 32.0 Å². The molecule has 26 heavy (non-hydrogen) atoms. The maximum Gasteiger partial charge on any atom is 0.480 e. The van der Waals surface area contributed by atoms with E-state index in [0.717, 1.165) is 6.04 Å². The number of unbranched alkanes of at least 4 members (excludes halogenated alkanes) is 3. The molecule has 0 spiro atoms. The minimum atomic E-state index is -2.62. The van der Waals surface area contributed by atoms with Crippen molar-refractivity contribution in [2.45, 2.75) is 123 Å². The van der Waals surface area contributed by atoms with Crippen LogP contribution in [0.15, 0.2) is 0 Å². The van der Waals surface area contributed by atoms with Gasteiger partial charge in [0.1, 0.15) is 0 Å². The van der Waals surface area contributed by atoms with Crippen molar-refractivity contribution in [1.82, 2.24) is 0 Å². The highest BCUT2D eigenvalue weighted by molar-refractivity contribution is 6.87. The summed E-state index contributed by atoms with van der Waals surface area (Å²) in [6, 6.07) is 8.01. The molecule has 0 rings (SSSR count). The van der Waals surface area contributed by atoms with E-state index < -0.39 is 25.4 Å². The van der Waals surface area contributed by atoms with E-state index in [0.29, 0.717) is 6.61 Å². The van der Waals surface area contributed by atoms with Crippen molar-refractivity contribution in [1.29, 1.82) is 0 Å². The topological polar surface area (TPSA) is 27.7 Å². The summed E-state index contributed by atoms with van der Waals surface area (Å²) in [4.78, 5) is 0. The molecule has 0 aromatic carbocycles. The van der Waals surface area contributed by atoms with Crippen molar-refractivity contribution in [3.05, 3.63) is 0 Å². The van der Waals surface area contributed by atoms with Gasteiger partial charge in [-0.3, -0.25) is 0 Å². The second kappa shape index (κ2) is 13.7. The zero-order valence-corrected chi connectivity index (χ0v) is 22.2. The molecule has 0 radical (unpaired) electrons. The van der Waals surface area contributed by atoms with Crippen molar-refractivity contribution in [3.8, 4) is 0 Å². The largest absolute Gasteiger partial charge is 0.480 e. The summed E-state index contributed by atoms with van der Waals surface area (Å²) in [5.41, 5.74) is 0. The number of rotatable bonds is 17. The van der Waals surface area contributed by atoms with Crippen molar-refractivity contribution in [3.63, 3.8) is 0 Å². The van der Waals surface area contributed by atoms with Gasteiger partial charge in [-0.2, -0.15) is 0 Å². The lowest BCUT2D eigenvalue weighted by Crippen LogP contribution is -2.60. The summed E-state index contributed by atoms with van der Waals surface area (Å²) in [5.74, 6) is 0. The third-order valence-electron chi connectivity index (χ3n) is 6.31. The van der Waals surface area contributed by atoms with Crippen LogP contribution in [0.25, 0.3) is 0 Å². The van der Waals surface area contributed by atoms with E-state index in [1.807, 2.05) is 0 Å². The number of hydrogen-bond acceptors (Lipinski definition) is 3. The molecule has 0 heterocycles. The van der Waals surface area contributed by atoms with E-state index in [9.17, 15) is 0 Å². The highest BCUT2D eigenvalue weighted by atomic mass is 28.5. The Morgan fingerprint density at radius 2 is 0.962 bits per heavy atom. The maximum atomic E-state index is 7.12. The molecule has 0 aromatic rings. The van der Waals surface area contributed by atoms with E-state index >= 15 is 0 Å². The monoisotopic (exact) mass is 420 g/mol. The molecule has 0 aliphatic carbocycles. The normalized spacial score (nSPS) is 13.4. The first-order valence-corrected chi connectivity index (χ1v) is 18.4. The van der Waals surface area contributed by atoms with Gasteiger partial charge in [0.15, 0.2) is 16.6 Å². The SMILES string of the molecule is CCCCCC[Si](OCC)(O[Si](CC)(CC)CC)O[Si](CC)(CC)CC. The van der Waals surface area contributed by atoms with Gasteiger partial charge in [-0.05, 0) is 49.6 Å². The van der Waals surface area contributed by atoms with Crippen LogP contribution in [0.1, 0.15) is 81.1 Å². The third-order valence-corrected chi connectivity index (χ3v) is 21.7.